The normalized spacial score (nSPS) is 16.7. The van der Waals surface area contributed by atoms with Crippen molar-refractivity contribution >= 4 is 11.6 Å². The Balaban J connectivity index is 1.69. The van der Waals surface area contributed by atoms with Crippen molar-refractivity contribution in [2.45, 2.75) is 24.9 Å². The van der Waals surface area contributed by atoms with E-state index in [0.717, 1.165) is 19.3 Å². The van der Waals surface area contributed by atoms with Gasteiger partial charge >= 0.3 is 0 Å². The molecule has 0 heterocycles. The first-order chi connectivity index (χ1) is 8.57. The van der Waals surface area contributed by atoms with Crippen LogP contribution in [-0.4, -0.2) is 29.8 Å². The van der Waals surface area contributed by atoms with Crippen molar-refractivity contribution in [3.8, 4) is 5.75 Å². The number of hydrogen-bond acceptors (Lipinski definition) is 4. The minimum atomic E-state index is -0.698. The summed E-state index contributed by atoms with van der Waals surface area (Å²) in [6.07, 6.45) is 2.53. The zero-order valence-electron chi connectivity index (χ0n) is 10.2. The number of aliphatic hydroxyl groups is 1. The topological polar surface area (TPSA) is 84.6 Å². The van der Waals surface area contributed by atoms with Crippen LogP contribution in [0, 0.1) is 0 Å². The first-order valence-corrected chi connectivity index (χ1v) is 6.05. The first kappa shape index (κ1) is 12.7. The molecule has 1 aromatic rings. The van der Waals surface area contributed by atoms with Crippen molar-refractivity contribution in [2.75, 3.05) is 18.9 Å². The van der Waals surface area contributed by atoms with Gasteiger partial charge in [0, 0.05) is 12.2 Å². The second-order valence-electron chi connectivity index (χ2n) is 4.71. The summed E-state index contributed by atoms with van der Waals surface area (Å²) < 4.78 is 5.29. The standard InChI is InChI=1S/C13H18N2O3/c14-10-2-4-11(5-3-10)18-8-12(16)15-9-13(17)6-1-7-13/h2-5,17H,1,6-9,14H2,(H,15,16). The number of nitrogens with two attached hydrogens (primary N) is 1. The van der Waals surface area contributed by atoms with Crippen LogP contribution in [0.3, 0.4) is 0 Å². The van der Waals surface area contributed by atoms with Gasteiger partial charge in [0.25, 0.3) is 5.91 Å². The Hall–Kier alpha value is -1.75. The SMILES string of the molecule is Nc1ccc(OCC(=O)NCC2(O)CCC2)cc1. The van der Waals surface area contributed by atoms with Gasteiger partial charge in [-0.05, 0) is 43.5 Å². The van der Waals surface area contributed by atoms with E-state index in [4.69, 9.17) is 10.5 Å². The third-order valence-electron chi connectivity index (χ3n) is 3.15. The van der Waals surface area contributed by atoms with Crippen LogP contribution in [0.5, 0.6) is 5.75 Å². The number of benzene rings is 1. The summed E-state index contributed by atoms with van der Waals surface area (Å²) in [5.41, 5.74) is 5.49. The quantitative estimate of drug-likeness (QED) is 0.671. The lowest BCUT2D eigenvalue weighted by Gasteiger charge is -2.36. The summed E-state index contributed by atoms with van der Waals surface area (Å²) in [4.78, 5) is 11.5. The fraction of sp³-hybridized carbons (Fsp3) is 0.462. The van der Waals surface area contributed by atoms with Crippen LogP contribution in [-0.2, 0) is 4.79 Å². The Kier molecular flexibility index (Phi) is 3.72. The molecule has 1 fully saturated rings. The van der Waals surface area contributed by atoms with Gasteiger partial charge in [0.2, 0.25) is 0 Å². The van der Waals surface area contributed by atoms with Crippen molar-refractivity contribution < 1.29 is 14.6 Å². The minimum absolute atomic E-state index is 0.0556. The molecule has 0 unspecified atom stereocenters. The van der Waals surface area contributed by atoms with Gasteiger partial charge < -0.3 is 20.9 Å². The monoisotopic (exact) mass is 250 g/mol. The van der Waals surface area contributed by atoms with Crippen LogP contribution in [0.25, 0.3) is 0 Å². The van der Waals surface area contributed by atoms with E-state index in [2.05, 4.69) is 5.32 Å². The summed E-state index contributed by atoms with van der Waals surface area (Å²) in [6.45, 7) is 0.247. The molecule has 2 rings (SSSR count). The van der Waals surface area contributed by atoms with Gasteiger partial charge in [-0.25, -0.2) is 0 Å². The van der Waals surface area contributed by atoms with E-state index in [1.165, 1.54) is 0 Å². The molecular formula is C13H18N2O3. The lowest BCUT2D eigenvalue weighted by molar-refractivity contribution is -0.125. The van der Waals surface area contributed by atoms with Crippen LogP contribution in [0.2, 0.25) is 0 Å². The summed E-state index contributed by atoms with van der Waals surface area (Å²) in [5.74, 6) is 0.369. The zero-order valence-corrected chi connectivity index (χ0v) is 10.2. The highest BCUT2D eigenvalue weighted by molar-refractivity contribution is 5.77. The lowest BCUT2D eigenvalue weighted by Crippen LogP contribution is -2.48. The average Bonchev–Trinajstić information content (AvgIpc) is 2.33. The molecule has 18 heavy (non-hydrogen) atoms. The molecule has 1 aromatic carbocycles. The number of nitrogens with one attached hydrogen (secondary N) is 1. The van der Waals surface area contributed by atoms with Crippen LogP contribution in [0.1, 0.15) is 19.3 Å². The first-order valence-electron chi connectivity index (χ1n) is 6.05. The Labute approximate surface area is 106 Å². The maximum absolute atomic E-state index is 11.5. The summed E-state index contributed by atoms with van der Waals surface area (Å²) in [5, 5.41) is 12.5. The van der Waals surface area contributed by atoms with Gasteiger partial charge in [-0.15, -0.1) is 0 Å². The molecule has 0 bridgehead atoms. The van der Waals surface area contributed by atoms with Crippen molar-refractivity contribution in [3.63, 3.8) is 0 Å². The van der Waals surface area contributed by atoms with E-state index in [0.29, 0.717) is 18.0 Å². The molecule has 0 atom stereocenters. The number of amides is 1. The fourth-order valence-electron chi connectivity index (χ4n) is 1.79. The van der Waals surface area contributed by atoms with Gasteiger partial charge in [-0.2, -0.15) is 0 Å². The van der Waals surface area contributed by atoms with Crippen LogP contribution in [0.15, 0.2) is 24.3 Å². The number of hydrogen-bond donors (Lipinski definition) is 3. The number of anilines is 1. The van der Waals surface area contributed by atoms with E-state index in [1.54, 1.807) is 24.3 Å². The van der Waals surface area contributed by atoms with Gasteiger partial charge in [0.15, 0.2) is 6.61 Å². The molecule has 0 spiro atoms. The van der Waals surface area contributed by atoms with Crippen molar-refractivity contribution in [1.82, 2.24) is 5.32 Å². The highest BCUT2D eigenvalue weighted by Crippen LogP contribution is 2.30. The molecule has 1 aliphatic rings. The molecule has 4 N–H and O–H groups in total. The van der Waals surface area contributed by atoms with Crippen molar-refractivity contribution in [1.29, 1.82) is 0 Å². The second kappa shape index (κ2) is 5.27. The number of rotatable bonds is 5. The Morgan fingerprint density at radius 2 is 2.06 bits per heavy atom. The smallest absolute Gasteiger partial charge is 0.258 e. The van der Waals surface area contributed by atoms with Crippen LogP contribution in [0.4, 0.5) is 5.69 Å². The van der Waals surface area contributed by atoms with Crippen molar-refractivity contribution in [2.24, 2.45) is 0 Å². The second-order valence-corrected chi connectivity index (χ2v) is 4.71. The third kappa shape index (κ3) is 3.37. The van der Waals surface area contributed by atoms with Crippen molar-refractivity contribution in [3.05, 3.63) is 24.3 Å². The predicted octanol–water partition coefficient (Wildman–Crippen LogP) is 0.679. The average molecular weight is 250 g/mol. The molecule has 98 valence electrons. The van der Waals surface area contributed by atoms with Crippen LogP contribution >= 0.6 is 0 Å². The van der Waals surface area contributed by atoms with E-state index >= 15 is 0 Å². The molecule has 0 saturated heterocycles. The minimum Gasteiger partial charge on any atom is -0.484 e. The number of carbonyl (C=O) groups is 1. The largest absolute Gasteiger partial charge is 0.484 e. The summed E-state index contributed by atoms with van der Waals surface area (Å²) >= 11 is 0. The third-order valence-corrected chi connectivity index (χ3v) is 3.15. The fourth-order valence-corrected chi connectivity index (χ4v) is 1.79. The molecular weight excluding hydrogens is 232 g/mol. The number of ether oxygens (including phenoxy) is 1. The molecule has 0 radical (unpaired) electrons. The van der Waals surface area contributed by atoms with E-state index in [-0.39, 0.29) is 12.5 Å². The van der Waals surface area contributed by atoms with E-state index in [9.17, 15) is 9.90 Å². The number of nitrogen functional groups attached to an aromatic ring is 1. The summed E-state index contributed by atoms with van der Waals surface area (Å²) in [7, 11) is 0. The van der Waals surface area contributed by atoms with Gasteiger partial charge in [-0.1, -0.05) is 0 Å². The molecule has 1 aliphatic carbocycles. The summed E-state index contributed by atoms with van der Waals surface area (Å²) in [6, 6.07) is 6.85. The molecule has 1 amide bonds. The van der Waals surface area contributed by atoms with Gasteiger partial charge in [-0.3, -0.25) is 4.79 Å². The molecule has 5 heteroatoms. The maximum atomic E-state index is 11.5. The van der Waals surface area contributed by atoms with E-state index in [1.807, 2.05) is 0 Å². The van der Waals surface area contributed by atoms with Crippen LogP contribution < -0.4 is 15.8 Å². The maximum Gasteiger partial charge on any atom is 0.258 e. The highest BCUT2D eigenvalue weighted by atomic mass is 16.5. The molecule has 0 aliphatic heterocycles. The lowest BCUT2D eigenvalue weighted by atomic mass is 9.80. The highest BCUT2D eigenvalue weighted by Gasteiger charge is 2.34. The Morgan fingerprint density at radius 3 is 2.61 bits per heavy atom. The molecule has 1 saturated carbocycles. The zero-order chi connectivity index (χ0) is 13.0. The number of carbonyl (C=O) groups excluding carboxylic acids is 1. The Bertz CT molecular complexity index is 413. The van der Waals surface area contributed by atoms with Gasteiger partial charge in [0.1, 0.15) is 5.75 Å². The Morgan fingerprint density at radius 1 is 1.39 bits per heavy atom. The predicted molar refractivity (Wildman–Crippen MR) is 68.2 cm³/mol. The molecule has 0 aromatic heterocycles. The van der Waals surface area contributed by atoms with E-state index < -0.39 is 5.60 Å². The molecule has 5 nitrogen and oxygen atoms in total. The van der Waals surface area contributed by atoms with Gasteiger partial charge in [0.05, 0.1) is 5.60 Å².